The Morgan fingerprint density at radius 2 is 1.88 bits per heavy atom. The molecule has 0 aliphatic carbocycles. The van der Waals surface area contributed by atoms with Gasteiger partial charge in [0.25, 0.3) is 5.89 Å². The van der Waals surface area contributed by atoms with Crippen molar-refractivity contribution in [1.82, 2.24) is 14.4 Å². The van der Waals surface area contributed by atoms with Gasteiger partial charge in [-0.1, -0.05) is 36.2 Å². The second-order valence-electron chi connectivity index (χ2n) is 6.50. The number of hydrogen-bond donors (Lipinski definition) is 0. The van der Waals surface area contributed by atoms with E-state index in [4.69, 9.17) is 9.26 Å². The second-order valence-corrected chi connectivity index (χ2v) is 8.67. The van der Waals surface area contributed by atoms with Gasteiger partial charge in [0.15, 0.2) is 5.82 Å². The molecule has 1 unspecified atom stereocenters. The molecule has 3 heterocycles. The molecule has 2 aliphatic heterocycles. The second kappa shape index (κ2) is 6.86. The number of nitrogens with zero attached hydrogens (tertiary/aromatic N) is 3. The van der Waals surface area contributed by atoms with Crippen molar-refractivity contribution in [2.24, 2.45) is 0 Å². The van der Waals surface area contributed by atoms with Gasteiger partial charge in [-0.05, 0) is 25.0 Å². The zero-order valence-corrected chi connectivity index (χ0v) is 14.7. The highest BCUT2D eigenvalue weighted by Crippen LogP contribution is 2.34. The van der Waals surface area contributed by atoms with Gasteiger partial charge in [-0.25, -0.2) is 8.42 Å². The van der Waals surface area contributed by atoms with Crippen LogP contribution >= 0.6 is 0 Å². The quantitative estimate of drug-likeness (QED) is 0.829. The molecule has 0 saturated carbocycles. The summed E-state index contributed by atoms with van der Waals surface area (Å²) in [4.78, 5) is 4.50. The molecule has 0 amide bonds. The first-order chi connectivity index (χ1) is 12.2. The molecular weight excluding hydrogens is 342 g/mol. The van der Waals surface area contributed by atoms with Crippen molar-refractivity contribution in [1.29, 1.82) is 0 Å². The Kier molecular flexibility index (Phi) is 4.58. The molecule has 0 N–H and O–H groups in total. The zero-order chi connectivity index (χ0) is 17.3. The van der Waals surface area contributed by atoms with Crippen LogP contribution in [0.3, 0.4) is 0 Å². The Balaban J connectivity index is 1.65. The fourth-order valence-electron chi connectivity index (χ4n) is 3.29. The van der Waals surface area contributed by atoms with Crippen LogP contribution < -0.4 is 0 Å². The molecule has 2 fully saturated rings. The number of hydrogen-bond acceptors (Lipinski definition) is 6. The van der Waals surface area contributed by atoms with Gasteiger partial charge in [-0.3, -0.25) is 0 Å². The van der Waals surface area contributed by atoms with Crippen LogP contribution in [0, 0.1) is 0 Å². The summed E-state index contributed by atoms with van der Waals surface area (Å²) in [6.07, 6.45) is 3.52. The lowest BCUT2D eigenvalue weighted by Crippen LogP contribution is -2.49. The van der Waals surface area contributed by atoms with E-state index < -0.39 is 15.3 Å². The van der Waals surface area contributed by atoms with Crippen molar-refractivity contribution in [3.8, 4) is 11.5 Å². The first kappa shape index (κ1) is 16.7. The summed E-state index contributed by atoms with van der Waals surface area (Å²) in [5, 5.41) is 3.65. The van der Waals surface area contributed by atoms with E-state index in [0.29, 0.717) is 24.7 Å². The highest BCUT2D eigenvalue weighted by atomic mass is 32.2. The van der Waals surface area contributed by atoms with Gasteiger partial charge in [-0.2, -0.15) is 9.29 Å². The third-order valence-electron chi connectivity index (χ3n) is 4.82. The van der Waals surface area contributed by atoms with Crippen LogP contribution in [0.15, 0.2) is 34.9 Å². The molecule has 0 bridgehead atoms. The fourth-order valence-corrected chi connectivity index (χ4v) is 5.15. The van der Waals surface area contributed by atoms with E-state index in [0.717, 1.165) is 24.8 Å². The molecule has 4 rings (SSSR count). The Labute approximate surface area is 147 Å². The molecule has 1 aromatic carbocycles. The molecule has 2 saturated heterocycles. The smallest absolute Gasteiger partial charge is 0.257 e. The minimum Gasteiger partial charge on any atom is -0.378 e. The third-order valence-corrected chi connectivity index (χ3v) is 7.03. The average Bonchev–Trinajstić information content (AvgIpc) is 2.91. The Morgan fingerprint density at radius 3 is 2.60 bits per heavy atom. The van der Waals surface area contributed by atoms with Gasteiger partial charge in [-0.15, -0.1) is 0 Å². The van der Waals surface area contributed by atoms with E-state index in [-0.39, 0.29) is 19.3 Å². The average molecular weight is 363 g/mol. The molecule has 0 radical (unpaired) electrons. The van der Waals surface area contributed by atoms with Gasteiger partial charge >= 0.3 is 0 Å². The van der Waals surface area contributed by atoms with Gasteiger partial charge in [0.2, 0.25) is 10.0 Å². The SMILES string of the molecule is O=S(=O)(C1COC1)N1CCCCCC1c1noc(-c2ccccc2)n1. The maximum atomic E-state index is 12.9. The number of benzene rings is 1. The first-order valence-corrected chi connectivity index (χ1v) is 10.1. The van der Waals surface area contributed by atoms with Crippen LogP contribution in [-0.4, -0.2) is 47.9 Å². The summed E-state index contributed by atoms with van der Waals surface area (Å²) in [7, 11) is -3.41. The molecule has 2 aromatic rings. The van der Waals surface area contributed by atoms with Crippen molar-refractivity contribution in [3.05, 3.63) is 36.2 Å². The van der Waals surface area contributed by atoms with Crippen LogP contribution in [0.25, 0.3) is 11.5 Å². The summed E-state index contributed by atoms with van der Waals surface area (Å²) in [5.41, 5.74) is 0.830. The van der Waals surface area contributed by atoms with Crippen LogP contribution in [-0.2, 0) is 14.8 Å². The molecule has 0 spiro atoms. The van der Waals surface area contributed by atoms with Gasteiger partial charge in [0.05, 0.1) is 19.3 Å². The van der Waals surface area contributed by atoms with Gasteiger partial charge in [0.1, 0.15) is 5.25 Å². The first-order valence-electron chi connectivity index (χ1n) is 8.64. The molecule has 7 nitrogen and oxygen atoms in total. The largest absolute Gasteiger partial charge is 0.378 e. The normalized spacial score (nSPS) is 23.1. The number of aromatic nitrogens is 2. The van der Waals surface area contributed by atoms with E-state index in [1.807, 2.05) is 30.3 Å². The lowest BCUT2D eigenvalue weighted by Gasteiger charge is -2.34. The van der Waals surface area contributed by atoms with Crippen LogP contribution in [0.1, 0.15) is 37.5 Å². The topological polar surface area (TPSA) is 85.5 Å². The van der Waals surface area contributed by atoms with E-state index in [9.17, 15) is 8.42 Å². The number of sulfonamides is 1. The summed E-state index contributed by atoms with van der Waals surface area (Å²) in [6.45, 7) is 1.04. The predicted molar refractivity (Wildman–Crippen MR) is 91.2 cm³/mol. The summed E-state index contributed by atoms with van der Waals surface area (Å²) >= 11 is 0. The standard InChI is InChI=1S/C17H21N3O4S/c21-25(22,14-11-23-12-14)20-10-6-2-5-9-15(20)16-18-17(24-19-16)13-7-3-1-4-8-13/h1,3-4,7-8,14-15H,2,5-6,9-12H2. The van der Waals surface area contributed by atoms with Crippen LogP contribution in [0.5, 0.6) is 0 Å². The Hall–Kier alpha value is -1.77. The molecule has 1 atom stereocenters. The predicted octanol–water partition coefficient (Wildman–Crippen LogP) is 2.38. The highest BCUT2D eigenvalue weighted by molar-refractivity contribution is 7.89. The fraction of sp³-hybridized carbons (Fsp3) is 0.529. The van der Waals surface area contributed by atoms with Crippen molar-refractivity contribution in [2.75, 3.05) is 19.8 Å². The van der Waals surface area contributed by atoms with E-state index >= 15 is 0 Å². The summed E-state index contributed by atoms with van der Waals surface area (Å²) < 4.78 is 37.9. The maximum Gasteiger partial charge on any atom is 0.257 e. The number of rotatable bonds is 4. The molecule has 1 aromatic heterocycles. The van der Waals surface area contributed by atoms with Crippen molar-refractivity contribution < 1.29 is 17.7 Å². The lowest BCUT2D eigenvalue weighted by molar-refractivity contribution is 0.0383. The minimum atomic E-state index is -3.41. The minimum absolute atomic E-state index is 0.271. The number of ether oxygens (including phenoxy) is 1. The molecule has 8 heteroatoms. The van der Waals surface area contributed by atoms with Gasteiger partial charge < -0.3 is 9.26 Å². The molecule has 25 heavy (non-hydrogen) atoms. The Bertz CT molecular complexity index is 817. The lowest BCUT2D eigenvalue weighted by atomic mass is 10.1. The summed E-state index contributed by atoms with van der Waals surface area (Å²) in [5.74, 6) is 0.869. The molecular formula is C17H21N3O4S. The summed E-state index contributed by atoms with van der Waals surface area (Å²) in [6, 6.07) is 9.14. The van der Waals surface area contributed by atoms with Crippen molar-refractivity contribution in [3.63, 3.8) is 0 Å². The van der Waals surface area contributed by atoms with Crippen LogP contribution in [0.4, 0.5) is 0 Å². The monoisotopic (exact) mass is 363 g/mol. The highest BCUT2D eigenvalue weighted by Gasteiger charge is 2.42. The third kappa shape index (κ3) is 3.21. The molecule has 134 valence electrons. The van der Waals surface area contributed by atoms with E-state index in [1.165, 1.54) is 0 Å². The maximum absolute atomic E-state index is 12.9. The van der Waals surface area contributed by atoms with E-state index in [1.54, 1.807) is 4.31 Å². The van der Waals surface area contributed by atoms with Crippen LogP contribution in [0.2, 0.25) is 0 Å². The molecule has 2 aliphatic rings. The van der Waals surface area contributed by atoms with Crippen molar-refractivity contribution in [2.45, 2.75) is 37.0 Å². The van der Waals surface area contributed by atoms with Crippen molar-refractivity contribution >= 4 is 10.0 Å². The Morgan fingerprint density at radius 1 is 1.08 bits per heavy atom. The zero-order valence-electron chi connectivity index (χ0n) is 13.9. The van der Waals surface area contributed by atoms with Gasteiger partial charge in [0, 0.05) is 12.1 Å². The van der Waals surface area contributed by atoms with E-state index in [2.05, 4.69) is 10.1 Å².